The maximum atomic E-state index is 13.5. The molecule has 2 N–H and O–H groups in total. The molecule has 4 heteroatoms. The van der Waals surface area contributed by atoms with Gasteiger partial charge >= 0.3 is 0 Å². The van der Waals surface area contributed by atoms with Gasteiger partial charge in [-0.3, -0.25) is 4.90 Å². The normalized spacial score (nSPS) is 21.0. The van der Waals surface area contributed by atoms with Gasteiger partial charge in [0.25, 0.3) is 0 Å². The number of likely N-dealkylation sites (tertiary alicyclic amines) is 1. The molecule has 1 aliphatic heterocycles. The molecule has 1 aromatic carbocycles. The molecular formula is C13H18F2N2. The Bertz CT molecular complexity index is 382. The fourth-order valence-corrected chi connectivity index (χ4v) is 2.49. The van der Waals surface area contributed by atoms with Crippen LogP contribution in [-0.4, -0.2) is 24.0 Å². The molecule has 0 radical (unpaired) electrons. The van der Waals surface area contributed by atoms with Gasteiger partial charge in [-0.1, -0.05) is 6.07 Å². The van der Waals surface area contributed by atoms with E-state index in [0.29, 0.717) is 24.7 Å². The molecule has 2 rings (SSSR count). The molecular weight excluding hydrogens is 222 g/mol. The van der Waals surface area contributed by atoms with E-state index in [0.717, 1.165) is 31.9 Å². The van der Waals surface area contributed by atoms with Gasteiger partial charge < -0.3 is 5.73 Å². The van der Waals surface area contributed by atoms with Gasteiger partial charge in [0.1, 0.15) is 11.6 Å². The summed E-state index contributed by atoms with van der Waals surface area (Å²) >= 11 is 0. The van der Waals surface area contributed by atoms with Crippen LogP contribution >= 0.6 is 0 Å². The lowest BCUT2D eigenvalue weighted by molar-refractivity contribution is 0.233. The summed E-state index contributed by atoms with van der Waals surface area (Å²) in [6.45, 7) is 2.19. The Labute approximate surface area is 100 Å². The third-order valence-corrected chi connectivity index (χ3v) is 3.39. The number of benzene rings is 1. The molecule has 1 aliphatic rings. The van der Waals surface area contributed by atoms with Crippen molar-refractivity contribution in [1.29, 1.82) is 0 Å². The first kappa shape index (κ1) is 12.5. The van der Waals surface area contributed by atoms with Crippen LogP contribution in [0.4, 0.5) is 8.78 Å². The fraction of sp³-hybridized carbons (Fsp3) is 0.538. The minimum atomic E-state index is -0.522. The van der Waals surface area contributed by atoms with Gasteiger partial charge in [-0.2, -0.15) is 0 Å². The van der Waals surface area contributed by atoms with Gasteiger partial charge in [-0.15, -0.1) is 0 Å². The van der Waals surface area contributed by atoms with E-state index in [9.17, 15) is 8.78 Å². The maximum absolute atomic E-state index is 13.5. The second kappa shape index (κ2) is 5.56. The first-order valence-electron chi connectivity index (χ1n) is 6.08. The number of hydrogen-bond acceptors (Lipinski definition) is 2. The number of rotatable bonds is 4. The highest BCUT2D eigenvalue weighted by Crippen LogP contribution is 2.23. The van der Waals surface area contributed by atoms with Gasteiger partial charge in [-0.25, -0.2) is 8.78 Å². The van der Waals surface area contributed by atoms with E-state index >= 15 is 0 Å². The van der Waals surface area contributed by atoms with Crippen molar-refractivity contribution in [2.45, 2.75) is 31.8 Å². The van der Waals surface area contributed by atoms with E-state index < -0.39 is 11.6 Å². The summed E-state index contributed by atoms with van der Waals surface area (Å²) in [6, 6.07) is 4.24. The lowest BCUT2D eigenvalue weighted by Crippen LogP contribution is -2.31. The molecule has 0 amide bonds. The van der Waals surface area contributed by atoms with Crippen LogP contribution in [0.2, 0.25) is 0 Å². The van der Waals surface area contributed by atoms with Gasteiger partial charge in [0.2, 0.25) is 0 Å². The van der Waals surface area contributed by atoms with Crippen LogP contribution in [0, 0.1) is 11.6 Å². The van der Waals surface area contributed by atoms with Crippen molar-refractivity contribution >= 4 is 0 Å². The monoisotopic (exact) mass is 240 g/mol. The van der Waals surface area contributed by atoms with Crippen LogP contribution in [0.15, 0.2) is 18.2 Å². The minimum absolute atomic E-state index is 0.449. The average Bonchev–Trinajstić information content (AvgIpc) is 2.71. The summed E-state index contributed by atoms with van der Waals surface area (Å²) in [5, 5.41) is 0. The second-order valence-electron chi connectivity index (χ2n) is 4.58. The summed E-state index contributed by atoms with van der Waals surface area (Å²) in [5.41, 5.74) is 6.13. The van der Waals surface area contributed by atoms with Crippen LogP contribution in [0.5, 0.6) is 0 Å². The molecule has 2 nitrogen and oxygen atoms in total. The molecule has 1 aromatic rings. The zero-order chi connectivity index (χ0) is 12.3. The number of nitrogens with two attached hydrogens (primary N) is 1. The predicted octanol–water partition coefficient (Wildman–Crippen LogP) is 2.28. The van der Waals surface area contributed by atoms with Crippen LogP contribution in [0.3, 0.4) is 0 Å². The van der Waals surface area contributed by atoms with Crippen LogP contribution in [-0.2, 0) is 6.54 Å². The fourth-order valence-electron chi connectivity index (χ4n) is 2.49. The molecule has 1 unspecified atom stereocenters. The number of halogens is 2. The number of hydrogen-bond donors (Lipinski definition) is 1. The zero-order valence-corrected chi connectivity index (χ0v) is 9.83. The first-order valence-corrected chi connectivity index (χ1v) is 6.08. The predicted molar refractivity (Wildman–Crippen MR) is 63.5 cm³/mol. The van der Waals surface area contributed by atoms with E-state index in [-0.39, 0.29) is 0 Å². The zero-order valence-electron chi connectivity index (χ0n) is 9.83. The summed E-state index contributed by atoms with van der Waals surface area (Å²) in [4.78, 5) is 2.24. The van der Waals surface area contributed by atoms with E-state index in [2.05, 4.69) is 4.90 Å². The Morgan fingerprint density at radius 1 is 1.35 bits per heavy atom. The van der Waals surface area contributed by atoms with Crippen molar-refractivity contribution in [3.8, 4) is 0 Å². The Hall–Kier alpha value is -1.00. The third kappa shape index (κ3) is 3.01. The Morgan fingerprint density at radius 2 is 2.18 bits per heavy atom. The molecule has 1 saturated heterocycles. The van der Waals surface area contributed by atoms with Crippen LogP contribution < -0.4 is 5.73 Å². The van der Waals surface area contributed by atoms with Gasteiger partial charge in [0.05, 0.1) is 0 Å². The molecule has 1 fully saturated rings. The van der Waals surface area contributed by atoms with E-state index in [1.165, 1.54) is 12.1 Å². The van der Waals surface area contributed by atoms with Crippen LogP contribution in [0.25, 0.3) is 0 Å². The van der Waals surface area contributed by atoms with E-state index in [4.69, 9.17) is 5.73 Å². The SMILES string of the molecule is NCCC1CCCN1Cc1ccc(F)cc1F. The molecule has 0 bridgehead atoms. The highest BCUT2D eigenvalue weighted by molar-refractivity contribution is 5.18. The average molecular weight is 240 g/mol. The molecule has 1 heterocycles. The highest BCUT2D eigenvalue weighted by atomic mass is 19.1. The van der Waals surface area contributed by atoms with Crippen molar-refractivity contribution < 1.29 is 8.78 Å². The maximum Gasteiger partial charge on any atom is 0.130 e. The summed E-state index contributed by atoms with van der Waals surface area (Å²) in [6.07, 6.45) is 3.20. The molecule has 0 aliphatic carbocycles. The Kier molecular flexibility index (Phi) is 4.07. The standard InChI is InChI=1S/C13H18F2N2/c14-11-4-3-10(13(15)8-11)9-17-7-1-2-12(17)5-6-16/h3-4,8,12H,1-2,5-7,9,16H2. The van der Waals surface area contributed by atoms with E-state index in [1.54, 1.807) is 0 Å². The summed E-state index contributed by atoms with van der Waals surface area (Å²) in [7, 11) is 0. The largest absolute Gasteiger partial charge is 0.330 e. The number of nitrogens with zero attached hydrogens (tertiary/aromatic N) is 1. The quantitative estimate of drug-likeness (QED) is 0.874. The molecule has 94 valence electrons. The highest BCUT2D eigenvalue weighted by Gasteiger charge is 2.24. The van der Waals surface area contributed by atoms with Crippen molar-refractivity contribution in [3.05, 3.63) is 35.4 Å². The smallest absolute Gasteiger partial charge is 0.130 e. The second-order valence-corrected chi connectivity index (χ2v) is 4.58. The lowest BCUT2D eigenvalue weighted by Gasteiger charge is -2.24. The molecule has 0 saturated carbocycles. The van der Waals surface area contributed by atoms with Gasteiger partial charge in [0, 0.05) is 24.2 Å². The summed E-state index contributed by atoms with van der Waals surface area (Å²) in [5.74, 6) is -0.977. The van der Waals surface area contributed by atoms with Crippen LogP contribution in [0.1, 0.15) is 24.8 Å². The Balaban J connectivity index is 2.04. The molecule has 0 aromatic heterocycles. The topological polar surface area (TPSA) is 29.3 Å². The Morgan fingerprint density at radius 3 is 2.88 bits per heavy atom. The molecule has 1 atom stereocenters. The van der Waals surface area contributed by atoms with Crippen molar-refractivity contribution in [2.75, 3.05) is 13.1 Å². The first-order chi connectivity index (χ1) is 8.20. The third-order valence-electron chi connectivity index (χ3n) is 3.39. The van der Waals surface area contributed by atoms with Crippen molar-refractivity contribution in [1.82, 2.24) is 4.90 Å². The van der Waals surface area contributed by atoms with E-state index in [1.807, 2.05) is 0 Å². The lowest BCUT2D eigenvalue weighted by atomic mass is 10.1. The van der Waals surface area contributed by atoms with Crippen molar-refractivity contribution in [2.24, 2.45) is 5.73 Å². The molecule has 0 spiro atoms. The molecule has 17 heavy (non-hydrogen) atoms. The van der Waals surface area contributed by atoms with Gasteiger partial charge in [0.15, 0.2) is 0 Å². The van der Waals surface area contributed by atoms with Crippen molar-refractivity contribution in [3.63, 3.8) is 0 Å². The summed E-state index contributed by atoms with van der Waals surface area (Å²) < 4.78 is 26.3. The minimum Gasteiger partial charge on any atom is -0.330 e. The van der Waals surface area contributed by atoms with Gasteiger partial charge in [-0.05, 0) is 38.4 Å².